The molecule has 0 aliphatic heterocycles. The van der Waals surface area contributed by atoms with Gasteiger partial charge < -0.3 is 4.74 Å². The molecule has 1 rings (SSSR count). The minimum absolute atomic E-state index is 0.320. The number of aromatic nitrogens is 1. The Kier molecular flexibility index (Phi) is 4.33. The van der Waals surface area contributed by atoms with Crippen molar-refractivity contribution >= 4 is 28.5 Å². The van der Waals surface area contributed by atoms with Crippen LogP contribution in [-0.2, 0) is 9.53 Å². The second kappa shape index (κ2) is 5.79. The monoisotopic (exact) mass is 224 g/mol. The van der Waals surface area contributed by atoms with Gasteiger partial charge in [-0.1, -0.05) is 0 Å². The van der Waals surface area contributed by atoms with E-state index in [9.17, 15) is 4.79 Å². The van der Waals surface area contributed by atoms with Gasteiger partial charge in [-0.25, -0.2) is 9.78 Å². The van der Waals surface area contributed by atoms with E-state index in [1.807, 2.05) is 0 Å². The fourth-order valence-electron chi connectivity index (χ4n) is 0.781. The third-order valence-electron chi connectivity index (χ3n) is 1.32. The summed E-state index contributed by atoms with van der Waals surface area (Å²) in [4.78, 5) is 17.5. The zero-order chi connectivity index (χ0) is 11.1. The highest BCUT2D eigenvalue weighted by molar-refractivity contribution is 7.13. The molecule has 0 aliphatic carbocycles. The fraction of sp³-hybridized carbons (Fsp3) is 0.250. The van der Waals surface area contributed by atoms with Gasteiger partial charge in [0.1, 0.15) is 0 Å². The minimum Gasteiger partial charge on any atom is -0.463 e. The summed E-state index contributed by atoms with van der Waals surface area (Å²) in [5.41, 5.74) is 8.72. The summed E-state index contributed by atoms with van der Waals surface area (Å²) < 4.78 is 4.69. The summed E-state index contributed by atoms with van der Waals surface area (Å²) >= 11 is 1.20. The maximum Gasteiger partial charge on any atom is 0.330 e. The van der Waals surface area contributed by atoms with E-state index < -0.39 is 5.97 Å². The maximum atomic E-state index is 10.9. The van der Waals surface area contributed by atoms with Gasteiger partial charge in [0.25, 0.3) is 0 Å². The highest BCUT2D eigenvalue weighted by Gasteiger charge is 1.98. The topological polar surface area (TPSA) is 88.0 Å². The Morgan fingerprint density at radius 2 is 2.67 bits per heavy atom. The molecule has 0 unspecified atom stereocenters. The van der Waals surface area contributed by atoms with Crippen LogP contribution >= 0.6 is 11.3 Å². The lowest BCUT2D eigenvalue weighted by Gasteiger charge is -1.92. The Morgan fingerprint density at radius 3 is 3.33 bits per heavy atom. The third kappa shape index (κ3) is 3.80. The maximum absolute atomic E-state index is 10.9. The van der Waals surface area contributed by atoms with Crippen molar-refractivity contribution in [2.75, 3.05) is 6.61 Å². The fourth-order valence-corrected chi connectivity index (χ4v) is 1.38. The van der Waals surface area contributed by atoms with Crippen LogP contribution in [0.2, 0.25) is 0 Å². The van der Waals surface area contributed by atoms with Crippen molar-refractivity contribution in [2.45, 2.75) is 6.92 Å². The number of ether oxygens (including phenoxy) is 1. The van der Waals surface area contributed by atoms with Crippen molar-refractivity contribution in [1.29, 1.82) is 0 Å². The molecule has 0 spiro atoms. The van der Waals surface area contributed by atoms with Crippen molar-refractivity contribution in [2.24, 2.45) is 5.11 Å². The molecule has 78 valence electrons. The molecule has 0 fully saturated rings. The van der Waals surface area contributed by atoms with Crippen molar-refractivity contribution in [3.05, 3.63) is 27.6 Å². The highest BCUT2D eigenvalue weighted by atomic mass is 32.1. The van der Waals surface area contributed by atoms with Crippen LogP contribution in [-0.4, -0.2) is 17.6 Å². The van der Waals surface area contributed by atoms with Crippen LogP contribution in [0.15, 0.2) is 16.6 Å². The van der Waals surface area contributed by atoms with Crippen LogP contribution < -0.4 is 0 Å². The van der Waals surface area contributed by atoms with Gasteiger partial charge in [0, 0.05) is 16.4 Å². The van der Waals surface area contributed by atoms with Gasteiger partial charge >= 0.3 is 5.97 Å². The predicted molar refractivity (Wildman–Crippen MR) is 56.6 cm³/mol. The number of carbonyl (C=O) groups excluding carboxylic acids is 1. The van der Waals surface area contributed by atoms with Gasteiger partial charge in [-0.3, -0.25) is 0 Å². The quantitative estimate of drug-likeness (QED) is 0.259. The lowest BCUT2D eigenvalue weighted by Crippen LogP contribution is -1.98. The van der Waals surface area contributed by atoms with Crippen LogP contribution in [0.5, 0.6) is 0 Å². The van der Waals surface area contributed by atoms with E-state index in [1.165, 1.54) is 23.5 Å². The second-order valence-electron chi connectivity index (χ2n) is 2.33. The number of rotatable bonds is 4. The zero-order valence-corrected chi connectivity index (χ0v) is 8.77. The number of carbonyl (C=O) groups is 1. The Labute approximate surface area is 89.8 Å². The van der Waals surface area contributed by atoms with E-state index in [0.717, 1.165) is 0 Å². The van der Waals surface area contributed by atoms with Crippen molar-refractivity contribution < 1.29 is 9.53 Å². The van der Waals surface area contributed by atoms with Gasteiger partial charge in [0.05, 0.1) is 12.3 Å². The first-order valence-electron chi connectivity index (χ1n) is 4.11. The summed E-state index contributed by atoms with van der Waals surface area (Å²) in [5.74, 6) is -0.421. The van der Waals surface area contributed by atoms with E-state index in [2.05, 4.69) is 19.7 Å². The second-order valence-corrected chi connectivity index (χ2v) is 3.17. The zero-order valence-electron chi connectivity index (χ0n) is 7.95. The van der Waals surface area contributed by atoms with Gasteiger partial charge in [0.15, 0.2) is 5.13 Å². The number of hydrogen-bond acceptors (Lipinski definition) is 5. The number of thiazole rings is 1. The van der Waals surface area contributed by atoms with E-state index in [1.54, 1.807) is 12.3 Å². The van der Waals surface area contributed by atoms with Gasteiger partial charge in [-0.05, 0) is 23.6 Å². The standard InChI is InChI=1S/C8H8N4O2S/c1-2-14-7(13)4-3-6-5-15-8(10-6)11-12-9/h3-5H,2H2,1H3. The van der Waals surface area contributed by atoms with Gasteiger partial charge in [-0.2, -0.15) is 0 Å². The summed E-state index contributed by atoms with van der Waals surface area (Å²) in [6.07, 6.45) is 2.78. The summed E-state index contributed by atoms with van der Waals surface area (Å²) in [6.45, 7) is 2.07. The molecular weight excluding hydrogens is 216 g/mol. The lowest BCUT2D eigenvalue weighted by atomic mass is 10.4. The van der Waals surface area contributed by atoms with E-state index >= 15 is 0 Å². The number of azide groups is 1. The molecule has 0 amide bonds. The molecule has 1 aromatic heterocycles. The molecule has 0 N–H and O–H groups in total. The highest BCUT2D eigenvalue weighted by Crippen LogP contribution is 2.19. The normalized spacial score (nSPS) is 9.93. The molecule has 6 nitrogen and oxygen atoms in total. The van der Waals surface area contributed by atoms with Crippen LogP contribution in [0, 0.1) is 0 Å². The molecule has 1 aromatic rings. The number of esters is 1. The number of hydrogen-bond donors (Lipinski definition) is 0. The van der Waals surface area contributed by atoms with Crippen LogP contribution in [0.1, 0.15) is 12.6 Å². The van der Waals surface area contributed by atoms with Crippen molar-refractivity contribution in [3.8, 4) is 0 Å². The third-order valence-corrected chi connectivity index (χ3v) is 2.06. The molecule has 7 heteroatoms. The Bertz CT molecular complexity index is 420. The Morgan fingerprint density at radius 1 is 1.87 bits per heavy atom. The largest absolute Gasteiger partial charge is 0.463 e. The molecule has 0 aliphatic rings. The smallest absolute Gasteiger partial charge is 0.330 e. The van der Waals surface area contributed by atoms with E-state index in [4.69, 9.17) is 5.53 Å². The Balaban J connectivity index is 2.64. The molecular formula is C8H8N4O2S. The summed E-state index contributed by atoms with van der Waals surface area (Å²) in [7, 11) is 0. The summed E-state index contributed by atoms with van der Waals surface area (Å²) in [6, 6.07) is 0. The first-order chi connectivity index (χ1) is 7.26. The molecule has 0 saturated heterocycles. The van der Waals surface area contributed by atoms with Gasteiger partial charge in [-0.15, -0.1) is 11.3 Å². The molecule has 15 heavy (non-hydrogen) atoms. The lowest BCUT2D eigenvalue weighted by molar-refractivity contribution is -0.137. The number of nitrogens with zero attached hydrogens (tertiary/aromatic N) is 4. The SMILES string of the molecule is CCOC(=O)C=Cc1csc(N=[N+]=[N-])n1. The minimum atomic E-state index is -0.421. The molecule has 0 bridgehead atoms. The van der Waals surface area contributed by atoms with Crippen molar-refractivity contribution in [3.63, 3.8) is 0 Å². The summed E-state index contributed by atoms with van der Waals surface area (Å²) in [5, 5.41) is 5.33. The van der Waals surface area contributed by atoms with Gasteiger partial charge in [0.2, 0.25) is 0 Å². The first-order valence-corrected chi connectivity index (χ1v) is 4.99. The average Bonchev–Trinajstić information content (AvgIpc) is 2.64. The molecule has 0 atom stereocenters. The molecule has 0 saturated carbocycles. The Hall–Kier alpha value is -1.85. The molecule has 0 aromatic carbocycles. The van der Waals surface area contributed by atoms with Crippen LogP contribution in [0.4, 0.5) is 5.13 Å². The van der Waals surface area contributed by atoms with E-state index in [-0.39, 0.29) is 0 Å². The molecule has 1 heterocycles. The first kappa shape index (κ1) is 11.2. The van der Waals surface area contributed by atoms with E-state index in [0.29, 0.717) is 17.4 Å². The van der Waals surface area contributed by atoms with Crippen molar-refractivity contribution in [1.82, 2.24) is 4.98 Å². The van der Waals surface area contributed by atoms with Crippen LogP contribution in [0.25, 0.3) is 16.5 Å². The molecule has 0 radical (unpaired) electrons. The predicted octanol–water partition coefficient (Wildman–Crippen LogP) is 2.66. The van der Waals surface area contributed by atoms with Crippen LogP contribution in [0.3, 0.4) is 0 Å². The average molecular weight is 224 g/mol.